The largest absolute Gasteiger partial charge is 0.370 e. The van der Waals surface area contributed by atoms with Gasteiger partial charge in [-0.3, -0.25) is 0 Å². The summed E-state index contributed by atoms with van der Waals surface area (Å²) >= 11 is 0. The fraction of sp³-hybridized carbons (Fsp3) is 1.00. The molecule has 0 saturated heterocycles. The summed E-state index contributed by atoms with van der Waals surface area (Å²) in [6, 6.07) is 0. The first-order valence-corrected chi connectivity index (χ1v) is 4.46. The van der Waals surface area contributed by atoms with E-state index in [9.17, 15) is 0 Å². The van der Waals surface area contributed by atoms with Gasteiger partial charge in [-0.05, 0) is 27.2 Å². The summed E-state index contributed by atoms with van der Waals surface area (Å²) in [5.41, 5.74) is -0.0656. The second-order valence-electron chi connectivity index (χ2n) is 3.59. The van der Waals surface area contributed by atoms with Crippen LogP contribution in [0.3, 0.4) is 0 Å². The highest BCUT2D eigenvalue weighted by atomic mass is 31.0. The van der Waals surface area contributed by atoms with Crippen LogP contribution < -0.4 is 0 Å². The zero-order valence-corrected chi connectivity index (χ0v) is 9.04. The van der Waals surface area contributed by atoms with E-state index in [0.29, 0.717) is 6.61 Å². The molecule has 3 heteroatoms. The van der Waals surface area contributed by atoms with E-state index in [1.165, 1.54) is 0 Å². The fourth-order valence-corrected chi connectivity index (χ4v) is 1.06. The Labute approximate surface area is 71.9 Å². The zero-order valence-electron chi connectivity index (χ0n) is 7.89. The summed E-state index contributed by atoms with van der Waals surface area (Å²) in [5.74, 6) is 0. The van der Waals surface area contributed by atoms with Gasteiger partial charge in [0.25, 0.3) is 0 Å². The molecular formula is C8H19O2P. The van der Waals surface area contributed by atoms with Crippen LogP contribution in [0.1, 0.15) is 34.1 Å². The van der Waals surface area contributed by atoms with Crippen LogP contribution in [0.2, 0.25) is 0 Å². The molecule has 2 atom stereocenters. The Morgan fingerprint density at radius 2 is 1.91 bits per heavy atom. The molecule has 0 aliphatic rings. The molecular weight excluding hydrogens is 159 g/mol. The molecule has 0 fully saturated rings. The van der Waals surface area contributed by atoms with E-state index in [-0.39, 0.29) is 11.7 Å². The molecule has 0 saturated carbocycles. The predicted octanol–water partition coefficient (Wildman–Crippen LogP) is 2.39. The minimum Gasteiger partial charge on any atom is -0.370 e. The summed E-state index contributed by atoms with van der Waals surface area (Å²) in [7, 11) is 2.24. The van der Waals surface area contributed by atoms with E-state index >= 15 is 0 Å². The van der Waals surface area contributed by atoms with Crippen molar-refractivity contribution in [2.24, 2.45) is 0 Å². The van der Waals surface area contributed by atoms with Crippen LogP contribution in [0, 0.1) is 0 Å². The molecule has 0 aromatic heterocycles. The van der Waals surface area contributed by atoms with Gasteiger partial charge in [0.2, 0.25) is 0 Å². The lowest BCUT2D eigenvalue weighted by Crippen LogP contribution is -2.29. The first-order valence-electron chi connectivity index (χ1n) is 3.99. The monoisotopic (exact) mass is 178 g/mol. The Bertz CT molecular complexity index is 98.8. The first-order chi connectivity index (χ1) is 4.99. The topological polar surface area (TPSA) is 18.5 Å². The van der Waals surface area contributed by atoms with Gasteiger partial charge in [0.15, 0.2) is 0 Å². The summed E-state index contributed by atoms with van der Waals surface area (Å²) in [5, 5.41) is 0. The van der Waals surface area contributed by atoms with Gasteiger partial charge in [-0.1, -0.05) is 6.92 Å². The Hall–Kier alpha value is 0.350. The van der Waals surface area contributed by atoms with Crippen LogP contribution in [0.4, 0.5) is 0 Å². The van der Waals surface area contributed by atoms with Crippen LogP contribution in [0.5, 0.6) is 0 Å². The molecule has 0 radical (unpaired) electrons. The molecule has 1 unspecified atom stereocenters. The van der Waals surface area contributed by atoms with Crippen molar-refractivity contribution in [1.29, 1.82) is 0 Å². The third-order valence-electron chi connectivity index (χ3n) is 1.26. The minimum absolute atomic E-state index is 0.0656. The van der Waals surface area contributed by atoms with Gasteiger partial charge < -0.3 is 9.26 Å². The summed E-state index contributed by atoms with van der Waals surface area (Å²) in [4.78, 5) is 0. The minimum atomic E-state index is -0.0656. The van der Waals surface area contributed by atoms with Crippen molar-refractivity contribution in [1.82, 2.24) is 0 Å². The van der Waals surface area contributed by atoms with E-state index in [4.69, 9.17) is 9.26 Å². The van der Waals surface area contributed by atoms with Crippen molar-refractivity contribution in [2.75, 3.05) is 6.61 Å². The molecule has 68 valence electrons. The molecule has 0 N–H and O–H groups in total. The van der Waals surface area contributed by atoms with Gasteiger partial charge in [-0.2, -0.15) is 0 Å². The number of ether oxygens (including phenoxy) is 1. The normalized spacial score (nSPS) is 15.0. The standard InChI is InChI=1S/C8H19O2P/c1-5-7(6-9-11)10-8(2,3)4/h7H,5-6,11H2,1-4H3/t7-/m0/s1. The van der Waals surface area contributed by atoms with Crippen molar-refractivity contribution in [2.45, 2.75) is 45.8 Å². The molecule has 0 amide bonds. The van der Waals surface area contributed by atoms with Gasteiger partial charge in [0, 0.05) is 9.47 Å². The lowest BCUT2D eigenvalue weighted by atomic mass is 10.1. The molecule has 0 aliphatic carbocycles. The SMILES string of the molecule is CC[C@@H](COP)OC(C)(C)C. The van der Waals surface area contributed by atoms with Gasteiger partial charge in [-0.15, -0.1) is 0 Å². The summed E-state index contributed by atoms with van der Waals surface area (Å²) in [6.07, 6.45) is 1.21. The summed E-state index contributed by atoms with van der Waals surface area (Å²) < 4.78 is 10.6. The third-order valence-corrected chi connectivity index (χ3v) is 1.45. The first kappa shape index (κ1) is 11.4. The Kier molecular flexibility index (Phi) is 5.24. The van der Waals surface area contributed by atoms with Gasteiger partial charge in [-0.25, -0.2) is 0 Å². The lowest BCUT2D eigenvalue weighted by Gasteiger charge is -2.26. The van der Waals surface area contributed by atoms with Gasteiger partial charge in [0.05, 0.1) is 18.3 Å². The van der Waals surface area contributed by atoms with Crippen molar-refractivity contribution < 1.29 is 9.26 Å². The molecule has 0 rings (SSSR count). The molecule has 0 aromatic rings. The van der Waals surface area contributed by atoms with Crippen LogP contribution in [-0.4, -0.2) is 18.3 Å². The maximum absolute atomic E-state index is 5.69. The highest BCUT2D eigenvalue weighted by molar-refractivity contribution is 7.09. The van der Waals surface area contributed by atoms with Crippen LogP contribution >= 0.6 is 9.47 Å². The number of hydrogen-bond donors (Lipinski definition) is 0. The Morgan fingerprint density at radius 3 is 2.18 bits per heavy atom. The Balaban J connectivity index is 3.68. The number of rotatable bonds is 4. The predicted molar refractivity (Wildman–Crippen MR) is 50.6 cm³/mol. The van der Waals surface area contributed by atoms with Crippen LogP contribution in [0.25, 0.3) is 0 Å². The number of hydrogen-bond acceptors (Lipinski definition) is 2. The fourth-order valence-electron chi connectivity index (χ4n) is 0.843. The summed E-state index contributed by atoms with van der Waals surface area (Å²) in [6.45, 7) is 8.91. The average molecular weight is 178 g/mol. The van der Waals surface area contributed by atoms with E-state index in [0.717, 1.165) is 6.42 Å². The average Bonchev–Trinajstić information content (AvgIpc) is 1.84. The van der Waals surface area contributed by atoms with E-state index in [1.54, 1.807) is 0 Å². The van der Waals surface area contributed by atoms with Crippen molar-refractivity contribution in [3.63, 3.8) is 0 Å². The van der Waals surface area contributed by atoms with Gasteiger partial charge in [0.1, 0.15) is 0 Å². The molecule has 2 nitrogen and oxygen atoms in total. The highest BCUT2D eigenvalue weighted by Crippen LogP contribution is 2.13. The molecule has 0 heterocycles. The van der Waals surface area contributed by atoms with Crippen molar-refractivity contribution in [3.8, 4) is 0 Å². The smallest absolute Gasteiger partial charge is 0.0816 e. The molecule has 0 bridgehead atoms. The highest BCUT2D eigenvalue weighted by Gasteiger charge is 2.16. The molecule has 0 spiro atoms. The van der Waals surface area contributed by atoms with Gasteiger partial charge >= 0.3 is 0 Å². The third kappa shape index (κ3) is 6.74. The second-order valence-corrected chi connectivity index (χ2v) is 3.93. The molecule has 0 aromatic carbocycles. The van der Waals surface area contributed by atoms with E-state index < -0.39 is 0 Å². The van der Waals surface area contributed by atoms with Crippen LogP contribution in [-0.2, 0) is 9.26 Å². The lowest BCUT2D eigenvalue weighted by molar-refractivity contribution is -0.0749. The van der Waals surface area contributed by atoms with E-state index in [1.807, 2.05) is 0 Å². The van der Waals surface area contributed by atoms with Crippen molar-refractivity contribution >= 4 is 9.47 Å². The molecule has 11 heavy (non-hydrogen) atoms. The Morgan fingerprint density at radius 1 is 1.36 bits per heavy atom. The maximum atomic E-state index is 5.69. The zero-order chi connectivity index (χ0) is 8.91. The second kappa shape index (κ2) is 5.08. The van der Waals surface area contributed by atoms with Crippen LogP contribution in [0.15, 0.2) is 0 Å². The van der Waals surface area contributed by atoms with Crippen molar-refractivity contribution in [3.05, 3.63) is 0 Å². The molecule has 0 aliphatic heterocycles. The van der Waals surface area contributed by atoms with E-state index in [2.05, 4.69) is 37.2 Å². The maximum Gasteiger partial charge on any atom is 0.0816 e. The quantitative estimate of drug-likeness (QED) is 0.615.